The highest BCUT2D eigenvalue weighted by atomic mass is 19.1. The zero-order valence-electron chi connectivity index (χ0n) is 16.4. The lowest BCUT2D eigenvalue weighted by Crippen LogP contribution is -2.46. The topological polar surface area (TPSA) is 70.6 Å². The van der Waals surface area contributed by atoms with Crippen LogP contribution in [0.25, 0.3) is 0 Å². The third kappa shape index (κ3) is 5.02. The molecule has 8 heteroatoms. The van der Waals surface area contributed by atoms with Gasteiger partial charge in [-0.15, -0.1) is 0 Å². The summed E-state index contributed by atoms with van der Waals surface area (Å²) in [5, 5.41) is 2.71. The molecule has 3 aromatic rings. The molecule has 7 nitrogen and oxygen atoms in total. The summed E-state index contributed by atoms with van der Waals surface area (Å²) in [6.45, 7) is 3.24. The Morgan fingerprint density at radius 1 is 0.967 bits per heavy atom. The van der Waals surface area contributed by atoms with Crippen molar-refractivity contribution in [1.29, 1.82) is 0 Å². The first-order valence-electron chi connectivity index (χ1n) is 9.72. The van der Waals surface area contributed by atoms with Gasteiger partial charge in [-0.3, -0.25) is 4.79 Å². The number of ether oxygens (including phenoxy) is 1. The van der Waals surface area contributed by atoms with Crippen LogP contribution in [0.3, 0.4) is 0 Å². The molecule has 1 saturated heterocycles. The minimum Gasteiger partial charge on any atom is -0.484 e. The molecule has 0 atom stereocenters. The molecule has 30 heavy (non-hydrogen) atoms. The van der Waals surface area contributed by atoms with Crippen molar-refractivity contribution in [3.05, 3.63) is 72.8 Å². The van der Waals surface area contributed by atoms with Crippen molar-refractivity contribution in [2.45, 2.75) is 0 Å². The maximum absolute atomic E-state index is 12.9. The van der Waals surface area contributed by atoms with Crippen molar-refractivity contribution in [1.82, 2.24) is 9.97 Å². The summed E-state index contributed by atoms with van der Waals surface area (Å²) in [4.78, 5) is 25.1. The van der Waals surface area contributed by atoms with Gasteiger partial charge in [0, 0.05) is 37.9 Å². The zero-order chi connectivity index (χ0) is 20.8. The summed E-state index contributed by atoms with van der Waals surface area (Å²) < 4.78 is 18.3. The second-order valence-electron chi connectivity index (χ2n) is 6.86. The summed E-state index contributed by atoms with van der Waals surface area (Å²) in [6, 6.07) is 17.6. The van der Waals surface area contributed by atoms with E-state index < -0.39 is 0 Å². The number of halogens is 1. The lowest BCUT2D eigenvalue weighted by atomic mass is 10.2. The van der Waals surface area contributed by atoms with Crippen molar-refractivity contribution < 1.29 is 13.9 Å². The monoisotopic (exact) mass is 407 g/mol. The quantitative estimate of drug-likeness (QED) is 0.678. The number of rotatable bonds is 6. The average Bonchev–Trinajstić information content (AvgIpc) is 2.80. The van der Waals surface area contributed by atoms with E-state index in [0.29, 0.717) is 11.6 Å². The maximum atomic E-state index is 12.9. The Morgan fingerprint density at radius 2 is 1.67 bits per heavy atom. The molecule has 1 aliphatic heterocycles. The van der Waals surface area contributed by atoms with E-state index in [1.54, 1.807) is 6.07 Å². The molecule has 1 N–H and O–H groups in total. The molecule has 0 unspecified atom stereocenters. The number of benzene rings is 2. The van der Waals surface area contributed by atoms with Crippen LogP contribution in [0.15, 0.2) is 67.0 Å². The van der Waals surface area contributed by atoms with Crippen molar-refractivity contribution in [3.63, 3.8) is 0 Å². The minimum atomic E-state index is -0.357. The smallest absolute Gasteiger partial charge is 0.263 e. The van der Waals surface area contributed by atoms with Gasteiger partial charge in [0.25, 0.3) is 5.91 Å². The SMILES string of the molecule is O=C(COc1ccc(F)cc1)Nc1cc(N2CCN(c3ccccc3)CC2)ncn1. The van der Waals surface area contributed by atoms with E-state index in [1.807, 2.05) is 18.2 Å². The minimum absolute atomic E-state index is 0.194. The van der Waals surface area contributed by atoms with Gasteiger partial charge in [-0.05, 0) is 36.4 Å². The van der Waals surface area contributed by atoms with E-state index in [2.05, 4.69) is 37.2 Å². The molecule has 1 aliphatic rings. The Kier molecular flexibility index (Phi) is 6.03. The zero-order valence-corrected chi connectivity index (χ0v) is 16.4. The number of aromatic nitrogens is 2. The molecule has 1 amide bonds. The molecule has 0 radical (unpaired) electrons. The first-order valence-corrected chi connectivity index (χ1v) is 9.72. The molecule has 0 aliphatic carbocycles. The van der Waals surface area contributed by atoms with Gasteiger partial charge in [-0.2, -0.15) is 0 Å². The van der Waals surface area contributed by atoms with Gasteiger partial charge < -0.3 is 19.9 Å². The van der Waals surface area contributed by atoms with E-state index >= 15 is 0 Å². The number of nitrogens with one attached hydrogen (secondary N) is 1. The molecule has 0 saturated carbocycles. The Morgan fingerprint density at radius 3 is 2.40 bits per heavy atom. The van der Waals surface area contributed by atoms with Crippen LogP contribution in [-0.4, -0.2) is 48.7 Å². The number of para-hydroxylation sites is 1. The highest BCUT2D eigenvalue weighted by Crippen LogP contribution is 2.20. The largest absolute Gasteiger partial charge is 0.484 e. The lowest BCUT2D eigenvalue weighted by Gasteiger charge is -2.36. The Hall–Kier alpha value is -3.68. The number of hydrogen-bond acceptors (Lipinski definition) is 6. The van der Waals surface area contributed by atoms with Crippen LogP contribution in [0.2, 0.25) is 0 Å². The molecule has 2 aromatic carbocycles. The number of carbonyl (C=O) groups is 1. The summed E-state index contributed by atoms with van der Waals surface area (Å²) in [6.07, 6.45) is 1.44. The molecule has 0 spiro atoms. The molecule has 1 aromatic heterocycles. The number of hydrogen-bond donors (Lipinski definition) is 1. The van der Waals surface area contributed by atoms with Crippen LogP contribution in [0.4, 0.5) is 21.7 Å². The fraction of sp³-hybridized carbons (Fsp3) is 0.227. The molecular weight excluding hydrogens is 385 g/mol. The Bertz CT molecular complexity index is 976. The van der Waals surface area contributed by atoms with Crippen molar-refractivity contribution in [3.8, 4) is 5.75 Å². The molecule has 2 heterocycles. The number of carbonyl (C=O) groups excluding carboxylic acids is 1. The third-order valence-electron chi connectivity index (χ3n) is 4.83. The van der Waals surface area contributed by atoms with Gasteiger partial charge >= 0.3 is 0 Å². The predicted molar refractivity (Wildman–Crippen MR) is 113 cm³/mol. The summed E-state index contributed by atoms with van der Waals surface area (Å²) in [5.74, 6) is 0.902. The number of amides is 1. The van der Waals surface area contributed by atoms with Crippen molar-refractivity contribution >= 4 is 23.2 Å². The molecule has 0 bridgehead atoms. The van der Waals surface area contributed by atoms with Crippen LogP contribution < -0.4 is 19.9 Å². The Labute approximate surface area is 174 Å². The summed E-state index contributed by atoms with van der Waals surface area (Å²) >= 11 is 0. The third-order valence-corrected chi connectivity index (χ3v) is 4.83. The molecular formula is C22H22FN5O2. The molecule has 154 valence electrons. The lowest BCUT2D eigenvalue weighted by molar-refractivity contribution is -0.118. The fourth-order valence-electron chi connectivity index (χ4n) is 3.28. The van der Waals surface area contributed by atoms with Gasteiger partial charge in [0.2, 0.25) is 0 Å². The van der Waals surface area contributed by atoms with Crippen LogP contribution in [0.1, 0.15) is 0 Å². The van der Waals surface area contributed by atoms with Gasteiger partial charge in [0.15, 0.2) is 6.61 Å². The molecule has 1 fully saturated rings. The van der Waals surface area contributed by atoms with E-state index in [9.17, 15) is 9.18 Å². The fourth-order valence-corrected chi connectivity index (χ4v) is 3.28. The highest BCUT2D eigenvalue weighted by Gasteiger charge is 2.19. The predicted octanol–water partition coefficient (Wildman–Crippen LogP) is 2.96. The van der Waals surface area contributed by atoms with E-state index in [1.165, 1.54) is 36.3 Å². The van der Waals surface area contributed by atoms with Gasteiger partial charge in [0.05, 0.1) is 0 Å². The van der Waals surface area contributed by atoms with Crippen LogP contribution in [-0.2, 0) is 4.79 Å². The van der Waals surface area contributed by atoms with Crippen molar-refractivity contribution in [2.75, 3.05) is 47.9 Å². The van der Waals surface area contributed by atoms with Crippen LogP contribution >= 0.6 is 0 Å². The average molecular weight is 407 g/mol. The number of nitrogens with zero attached hydrogens (tertiary/aromatic N) is 4. The molecule has 4 rings (SSSR count). The maximum Gasteiger partial charge on any atom is 0.263 e. The standard InChI is InChI=1S/C22H22FN5O2/c23-17-6-8-19(9-7-17)30-15-22(29)26-20-14-21(25-16-24-20)28-12-10-27(11-13-28)18-4-2-1-3-5-18/h1-9,14,16H,10-13,15H2,(H,24,25,26,29). The second kappa shape index (κ2) is 9.21. The number of anilines is 3. The van der Waals surface area contributed by atoms with Gasteiger partial charge in [-0.1, -0.05) is 18.2 Å². The second-order valence-corrected chi connectivity index (χ2v) is 6.86. The highest BCUT2D eigenvalue weighted by molar-refractivity contribution is 5.91. The number of piperazine rings is 1. The summed E-state index contributed by atoms with van der Waals surface area (Å²) in [5.41, 5.74) is 1.22. The first-order chi connectivity index (χ1) is 14.7. The van der Waals surface area contributed by atoms with E-state index in [-0.39, 0.29) is 18.3 Å². The normalized spacial score (nSPS) is 13.8. The Balaban J connectivity index is 1.30. The van der Waals surface area contributed by atoms with E-state index in [0.717, 1.165) is 32.0 Å². The van der Waals surface area contributed by atoms with E-state index in [4.69, 9.17) is 4.74 Å². The van der Waals surface area contributed by atoms with Gasteiger partial charge in [0.1, 0.15) is 29.5 Å². The van der Waals surface area contributed by atoms with Crippen LogP contribution in [0, 0.1) is 5.82 Å². The summed E-state index contributed by atoms with van der Waals surface area (Å²) in [7, 11) is 0. The van der Waals surface area contributed by atoms with Crippen LogP contribution in [0.5, 0.6) is 5.75 Å². The van der Waals surface area contributed by atoms with Crippen molar-refractivity contribution in [2.24, 2.45) is 0 Å². The first kappa shape index (κ1) is 19.6. The van der Waals surface area contributed by atoms with Gasteiger partial charge in [-0.25, -0.2) is 14.4 Å².